The monoisotopic (exact) mass is 423 g/mol. The van der Waals surface area contributed by atoms with Crippen LogP contribution in [0.3, 0.4) is 0 Å². The molecule has 1 N–H and O–H groups in total. The first-order chi connectivity index (χ1) is 15.1. The number of halogens is 1. The Balaban J connectivity index is 1.27. The minimum Gasteiger partial charge on any atom is -0.441 e. The Morgan fingerprint density at radius 1 is 1.13 bits per heavy atom. The lowest BCUT2D eigenvalue weighted by Crippen LogP contribution is -2.36. The van der Waals surface area contributed by atoms with Gasteiger partial charge in [0.25, 0.3) is 0 Å². The summed E-state index contributed by atoms with van der Waals surface area (Å²) in [7, 11) is 0. The molecule has 3 aromatic rings. The number of oxazole rings is 1. The third-order valence-corrected chi connectivity index (χ3v) is 5.40. The lowest BCUT2D eigenvalue weighted by molar-refractivity contribution is -0.121. The van der Waals surface area contributed by atoms with Gasteiger partial charge >= 0.3 is 0 Å². The third-order valence-electron chi connectivity index (χ3n) is 5.40. The van der Waals surface area contributed by atoms with Crippen molar-refractivity contribution in [3.63, 3.8) is 0 Å². The van der Waals surface area contributed by atoms with Crippen LogP contribution in [-0.4, -0.2) is 37.2 Å². The van der Waals surface area contributed by atoms with Gasteiger partial charge in [-0.25, -0.2) is 9.37 Å². The molecule has 2 heterocycles. The molecule has 0 aliphatic carbocycles. The van der Waals surface area contributed by atoms with Crippen LogP contribution in [0.4, 0.5) is 10.1 Å². The van der Waals surface area contributed by atoms with E-state index in [1.165, 1.54) is 17.8 Å². The molecule has 1 unspecified atom stereocenters. The topological polar surface area (TPSA) is 67.6 Å². The first kappa shape index (κ1) is 21.1. The first-order valence-corrected chi connectivity index (χ1v) is 10.5. The number of ether oxygens (including phenoxy) is 1. The summed E-state index contributed by atoms with van der Waals surface area (Å²) in [5.41, 5.74) is 2.98. The number of carbonyl (C=O) groups is 1. The molecule has 0 saturated carbocycles. The Morgan fingerprint density at radius 3 is 2.55 bits per heavy atom. The molecule has 1 saturated heterocycles. The molecular weight excluding hydrogens is 397 g/mol. The Labute approximate surface area is 181 Å². The van der Waals surface area contributed by atoms with Crippen molar-refractivity contribution in [2.24, 2.45) is 0 Å². The molecule has 0 radical (unpaired) electrons. The summed E-state index contributed by atoms with van der Waals surface area (Å²) < 4.78 is 24.1. The van der Waals surface area contributed by atoms with E-state index in [0.29, 0.717) is 18.1 Å². The summed E-state index contributed by atoms with van der Waals surface area (Å²) in [6, 6.07) is 14.2. The number of nitrogens with zero attached hydrogens (tertiary/aromatic N) is 2. The normalized spacial score (nSPS) is 15.0. The van der Waals surface area contributed by atoms with Gasteiger partial charge in [0.15, 0.2) is 11.7 Å². The van der Waals surface area contributed by atoms with Crippen LogP contribution in [0.25, 0.3) is 11.3 Å². The number of morpholine rings is 1. The van der Waals surface area contributed by atoms with E-state index >= 15 is 0 Å². The third kappa shape index (κ3) is 5.49. The number of amides is 1. The van der Waals surface area contributed by atoms with Crippen molar-refractivity contribution in [2.45, 2.75) is 25.8 Å². The van der Waals surface area contributed by atoms with E-state index in [0.717, 1.165) is 37.4 Å². The number of benzene rings is 2. The maximum absolute atomic E-state index is 13.1. The zero-order chi connectivity index (χ0) is 21.6. The highest BCUT2D eigenvalue weighted by molar-refractivity contribution is 5.76. The molecule has 1 amide bonds. The van der Waals surface area contributed by atoms with Crippen LogP contribution in [0.1, 0.15) is 30.8 Å². The fraction of sp³-hybridized carbons (Fsp3) is 0.333. The minimum atomic E-state index is -0.301. The van der Waals surface area contributed by atoms with Gasteiger partial charge in [0.05, 0.1) is 25.5 Å². The maximum Gasteiger partial charge on any atom is 0.220 e. The number of anilines is 1. The molecule has 162 valence electrons. The van der Waals surface area contributed by atoms with Crippen LogP contribution in [0.5, 0.6) is 0 Å². The van der Waals surface area contributed by atoms with Crippen molar-refractivity contribution in [3.05, 3.63) is 72.0 Å². The smallest absolute Gasteiger partial charge is 0.220 e. The second kappa shape index (κ2) is 9.75. The van der Waals surface area contributed by atoms with Gasteiger partial charge in [0.2, 0.25) is 5.91 Å². The van der Waals surface area contributed by atoms with Gasteiger partial charge in [-0.3, -0.25) is 4.79 Å². The number of carbonyl (C=O) groups excluding carboxylic acids is 1. The summed E-state index contributed by atoms with van der Waals surface area (Å²) in [4.78, 5) is 18.9. The van der Waals surface area contributed by atoms with Crippen molar-refractivity contribution < 1.29 is 18.3 Å². The maximum atomic E-state index is 13.1. The standard InChI is InChI=1S/C24H26FN3O3/c1-17(18-4-8-21(9-5-18)28-12-14-30-15-13-28)27-23(29)10-11-24-26-16-22(31-24)19-2-6-20(25)7-3-19/h2-9,16-17H,10-15H2,1H3,(H,27,29). The quantitative estimate of drug-likeness (QED) is 0.619. The number of hydrogen-bond donors (Lipinski definition) is 1. The Bertz CT molecular complexity index is 996. The predicted molar refractivity (Wildman–Crippen MR) is 116 cm³/mol. The van der Waals surface area contributed by atoms with E-state index < -0.39 is 0 Å². The highest BCUT2D eigenvalue weighted by Crippen LogP contribution is 2.22. The SMILES string of the molecule is CC(NC(=O)CCc1ncc(-c2ccc(F)cc2)o1)c1ccc(N2CCOCC2)cc1. The number of aryl methyl sites for hydroxylation is 1. The van der Waals surface area contributed by atoms with Crippen molar-refractivity contribution in [3.8, 4) is 11.3 Å². The van der Waals surface area contributed by atoms with Crippen LogP contribution in [0, 0.1) is 5.82 Å². The van der Waals surface area contributed by atoms with Crippen LogP contribution in [0.2, 0.25) is 0 Å². The van der Waals surface area contributed by atoms with E-state index in [9.17, 15) is 9.18 Å². The molecule has 0 spiro atoms. The fourth-order valence-electron chi connectivity index (χ4n) is 3.59. The molecule has 2 aromatic carbocycles. The Kier molecular flexibility index (Phi) is 6.62. The van der Waals surface area contributed by atoms with E-state index in [-0.39, 0.29) is 24.2 Å². The summed E-state index contributed by atoms with van der Waals surface area (Å²) in [6.45, 7) is 5.28. The lowest BCUT2D eigenvalue weighted by atomic mass is 10.1. The van der Waals surface area contributed by atoms with Crippen molar-refractivity contribution in [1.29, 1.82) is 0 Å². The van der Waals surface area contributed by atoms with Gasteiger partial charge in [0.1, 0.15) is 5.82 Å². The highest BCUT2D eigenvalue weighted by atomic mass is 19.1. The second-order valence-electron chi connectivity index (χ2n) is 7.61. The molecule has 7 heteroatoms. The van der Waals surface area contributed by atoms with Crippen LogP contribution in [-0.2, 0) is 16.0 Å². The number of rotatable bonds is 7. The van der Waals surface area contributed by atoms with Crippen LogP contribution < -0.4 is 10.2 Å². The number of nitrogens with one attached hydrogen (secondary N) is 1. The molecule has 1 aliphatic heterocycles. The van der Waals surface area contributed by atoms with Gasteiger partial charge in [-0.15, -0.1) is 0 Å². The second-order valence-corrected chi connectivity index (χ2v) is 7.61. The molecule has 31 heavy (non-hydrogen) atoms. The van der Waals surface area contributed by atoms with Crippen molar-refractivity contribution in [2.75, 3.05) is 31.2 Å². The summed E-state index contributed by atoms with van der Waals surface area (Å²) >= 11 is 0. The molecule has 1 aromatic heterocycles. The van der Waals surface area contributed by atoms with Crippen LogP contribution >= 0.6 is 0 Å². The Morgan fingerprint density at radius 2 is 1.84 bits per heavy atom. The fourth-order valence-corrected chi connectivity index (χ4v) is 3.59. The highest BCUT2D eigenvalue weighted by Gasteiger charge is 2.14. The lowest BCUT2D eigenvalue weighted by Gasteiger charge is -2.29. The van der Waals surface area contributed by atoms with Crippen molar-refractivity contribution >= 4 is 11.6 Å². The summed E-state index contributed by atoms with van der Waals surface area (Å²) in [5.74, 6) is 0.678. The Hall–Kier alpha value is -3.19. The number of hydrogen-bond acceptors (Lipinski definition) is 5. The van der Waals surface area contributed by atoms with Crippen LogP contribution in [0.15, 0.2) is 59.1 Å². The largest absolute Gasteiger partial charge is 0.441 e. The van der Waals surface area contributed by atoms with Gasteiger partial charge in [-0.05, 0) is 48.9 Å². The summed E-state index contributed by atoms with van der Waals surface area (Å²) in [6.07, 6.45) is 2.27. The van der Waals surface area contributed by atoms with Crippen molar-refractivity contribution in [1.82, 2.24) is 10.3 Å². The van der Waals surface area contributed by atoms with Gasteiger partial charge in [0, 0.05) is 37.2 Å². The van der Waals surface area contributed by atoms with Gasteiger partial charge in [-0.1, -0.05) is 12.1 Å². The van der Waals surface area contributed by atoms with Gasteiger partial charge in [-0.2, -0.15) is 0 Å². The zero-order valence-corrected chi connectivity index (χ0v) is 17.5. The van der Waals surface area contributed by atoms with E-state index in [1.807, 2.05) is 6.92 Å². The molecule has 6 nitrogen and oxygen atoms in total. The zero-order valence-electron chi connectivity index (χ0n) is 17.5. The van der Waals surface area contributed by atoms with Gasteiger partial charge < -0.3 is 19.4 Å². The molecule has 0 bridgehead atoms. The average molecular weight is 423 g/mol. The number of aromatic nitrogens is 1. The molecular formula is C24H26FN3O3. The molecule has 4 rings (SSSR count). The van der Waals surface area contributed by atoms with E-state index in [4.69, 9.17) is 9.15 Å². The molecule has 1 fully saturated rings. The average Bonchev–Trinajstić information content (AvgIpc) is 3.28. The minimum absolute atomic E-state index is 0.0636. The van der Waals surface area contributed by atoms with E-state index in [1.54, 1.807) is 18.3 Å². The molecule has 1 aliphatic rings. The predicted octanol–water partition coefficient (Wildman–Crippen LogP) is 4.13. The molecule has 1 atom stereocenters. The summed E-state index contributed by atoms with van der Waals surface area (Å²) in [5, 5.41) is 3.03. The van der Waals surface area contributed by atoms with E-state index in [2.05, 4.69) is 39.5 Å². The first-order valence-electron chi connectivity index (χ1n) is 10.5.